The zero-order valence-electron chi connectivity index (χ0n) is 17.4. The molecule has 31 heavy (non-hydrogen) atoms. The average molecular weight is 425 g/mol. The summed E-state index contributed by atoms with van der Waals surface area (Å²) in [6, 6.07) is 15.2. The maximum absolute atomic E-state index is 12.8. The van der Waals surface area contributed by atoms with Gasteiger partial charge in [-0.25, -0.2) is 9.69 Å². The highest BCUT2D eigenvalue weighted by atomic mass is 16.7. The highest BCUT2D eigenvalue weighted by Gasteiger charge is 2.40. The van der Waals surface area contributed by atoms with E-state index in [1.54, 1.807) is 0 Å². The number of benzene rings is 2. The molecule has 3 heterocycles. The minimum absolute atomic E-state index is 0.114. The van der Waals surface area contributed by atoms with Gasteiger partial charge in [0, 0.05) is 12.0 Å². The van der Waals surface area contributed by atoms with Crippen molar-refractivity contribution in [3.8, 4) is 11.5 Å². The SMILES string of the molecule is O=C1N[C@H](Cc2ccccc2)C(=O)N1C[NH+]1CC[NH+](Cc2ccc3c(c2)OCO3)CC1. The number of fused-ring (bicyclic) bond motifs is 1. The van der Waals surface area contributed by atoms with Crippen LogP contribution in [0.3, 0.4) is 0 Å². The van der Waals surface area contributed by atoms with Gasteiger partial charge in [-0.1, -0.05) is 30.3 Å². The largest absolute Gasteiger partial charge is 0.454 e. The van der Waals surface area contributed by atoms with Crippen LogP contribution < -0.4 is 24.6 Å². The maximum Gasteiger partial charge on any atom is 0.329 e. The molecule has 8 nitrogen and oxygen atoms in total. The molecule has 2 fully saturated rings. The van der Waals surface area contributed by atoms with Gasteiger partial charge in [-0.15, -0.1) is 0 Å². The van der Waals surface area contributed by atoms with E-state index >= 15 is 0 Å². The minimum atomic E-state index is -0.466. The number of quaternary nitrogens is 2. The second kappa shape index (κ2) is 8.56. The molecule has 0 saturated carbocycles. The summed E-state index contributed by atoms with van der Waals surface area (Å²) in [5.41, 5.74) is 2.29. The smallest absolute Gasteiger partial charge is 0.329 e. The Labute approximate surface area is 181 Å². The van der Waals surface area contributed by atoms with Crippen molar-refractivity contribution in [2.75, 3.05) is 39.6 Å². The number of ether oxygens (including phenoxy) is 2. The van der Waals surface area contributed by atoms with Gasteiger partial charge in [0.05, 0.1) is 0 Å². The van der Waals surface area contributed by atoms with E-state index in [1.165, 1.54) is 20.3 Å². The van der Waals surface area contributed by atoms with E-state index in [0.717, 1.165) is 49.8 Å². The third kappa shape index (κ3) is 4.35. The number of hydrogen-bond donors (Lipinski definition) is 3. The molecule has 2 aromatic carbocycles. The maximum atomic E-state index is 12.8. The Hall–Kier alpha value is -3.10. The quantitative estimate of drug-likeness (QED) is 0.511. The number of nitrogens with zero attached hydrogens (tertiary/aromatic N) is 1. The highest BCUT2D eigenvalue weighted by molar-refractivity contribution is 6.04. The summed E-state index contributed by atoms with van der Waals surface area (Å²) < 4.78 is 10.9. The fraction of sp³-hybridized carbons (Fsp3) is 0.391. The van der Waals surface area contributed by atoms with Gasteiger partial charge >= 0.3 is 6.03 Å². The molecule has 3 amide bonds. The van der Waals surface area contributed by atoms with Crippen molar-refractivity contribution in [1.29, 1.82) is 0 Å². The Morgan fingerprint density at radius 3 is 2.45 bits per heavy atom. The van der Waals surface area contributed by atoms with E-state index in [0.29, 0.717) is 19.9 Å². The molecule has 0 spiro atoms. The summed E-state index contributed by atoms with van der Waals surface area (Å²) in [6.07, 6.45) is 0.532. The van der Waals surface area contributed by atoms with E-state index in [2.05, 4.69) is 17.4 Å². The first-order chi connectivity index (χ1) is 15.2. The van der Waals surface area contributed by atoms with Crippen LogP contribution in [-0.4, -0.2) is 62.5 Å². The number of carbonyl (C=O) groups is 2. The lowest BCUT2D eigenvalue weighted by Gasteiger charge is -2.31. The lowest BCUT2D eigenvalue weighted by molar-refractivity contribution is -1.02. The van der Waals surface area contributed by atoms with Gasteiger partial charge in [-0.05, 0) is 23.8 Å². The highest BCUT2D eigenvalue weighted by Crippen LogP contribution is 2.32. The van der Waals surface area contributed by atoms with Crippen LogP contribution in [0.15, 0.2) is 48.5 Å². The van der Waals surface area contributed by atoms with Crippen molar-refractivity contribution in [2.45, 2.75) is 19.0 Å². The number of carbonyl (C=O) groups excluding carboxylic acids is 2. The molecule has 3 aliphatic rings. The molecule has 1 atom stereocenters. The van der Waals surface area contributed by atoms with E-state index in [-0.39, 0.29) is 11.9 Å². The fourth-order valence-corrected chi connectivity index (χ4v) is 4.57. The van der Waals surface area contributed by atoms with Gasteiger partial charge in [0.25, 0.3) is 5.91 Å². The summed E-state index contributed by atoms with van der Waals surface area (Å²) in [6.45, 7) is 5.53. The van der Waals surface area contributed by atoms with Crippen LogP contribution in [-0.2, 0) is 17.8 Å². The molecule has 2 saturated heterocycles. The van der Waals surface area contributed by atoms with Crippen molar-refractivity contribution < 1.29 is 28.9 Å². The molecule has 162 valence electrons. The van der Waals surface area contributed by atoms with Gasteiger partial charge in [0.15, 0.2) is 18.2 Å². The Kier molecular flexibility index (Phi) is 5.48. The van der Waals surface area contributed by atoms with Gasteiger partial charge in [0.2, 0.25) is 6.79 Å². The lowest BCUT2D eigenvalue weighted by Crippen LogP contribution is -3.28. The number of urea groups is 1. The topological polar surface area (TPSA) is 76.8 Å². The summed E-state index contributed by atoms with van der Waals surface area (Å²) in [4.78, 5) is 29.4. The second-order valence-electron chi connectivity index (χ2n) is 8.48. The van der Waals surface area contributed by atoms with Crippen LogP contribution in [0.2, 0.25) is 0 Å². The predicted molar refractivity (Wildman–Crippen MR) is 112 cm³/mol. The van der Waals surface area contributed by atoms with E-state index in [1.807, 2.05) is 36.4 Å². The Balaban J connectivity index is 1.12. The lowest BCUT2D eigenvalue weighted by atomic mass is 10.1. The molecule has 2 aromatic rings. The second-order valence-corrected chi connectivity index (χ2v) is 8.48. The molecule has 0 aromatic heterocycles. The Bertz CT molecular complexity index is 959. The summed E-state index contributed by atoms with van der Waals surface area (Å²) >= 11 is 0. The number of nitrogens with one attached hydrogen (secondary N) is 3. The van der Waals surface area contributed by atoms with Crippen molar-refractivity contribution in [1.82, 2.24) is 10.2 Å². The molecule has 5 rings (SSSR count). The van der Waals surface area contributed by atoms with Crippen molar-refractivity contribution in [3.05, 3.63) is 59.7 Å². The van der Waals surface area contributed by atoms with Crippen LogP contribution >= 0.6 is 0 Å². The molecular weight excluding hydrogens is 396 g/mol. The number of imide groups is 1. The normalized spacial score (nSPS) is 25.0. The number of piperazine rings is 1. The molecular formula is C23H28N4O4+2. The third-order valence-corrected chi connectivity index (χ3v) is 6.33. The zero-order valence-corrected chi connectivity index (χ0v) is 17.4. The van der Waals surface area contributed by atoms with Gasteiger partial charge < -0.3 is 24.6 Å². The molecule has 0 aliphatic carbocycles. The van der Waals surface area contributed by atoms with Gasteiger partial charge in [-0.3, -0.25) is 4.79 Å². The van der Waals surface area contributed by atoms with Gasteiger partial charge in [-0.2, -0.15) is 0 Å². The fourth-order valence-electron chi connectivity index (χ4n) is 4.57. The Morgan fingerprint density at radius 1 is 0.903 bits per heavy atom. The van der Waals surface area contributed by atoms with E-state index < -0.39 is 6.04 Å². The molecule has 0 unspecified atom stereocenters. The molecule has 0 radical (unpaired) electrons. The van der Waals surface area contributed by atoms with Crippen LogP contribution in [0.1, 0.15) is 11.1 Å². The van der Waals surface area contributed by atoms with Crippen LogP contribution in [0.5, 0.6) is 11.5 Å². The first-order valence-corrected chi connectivity index (χ1v) is 10.9. The molecule has 3 N–H and O–H groups in total. The molecule has 3 aliphatic heterocycles. The Morgan fingerprint density at radius 2 is 1.65 bits per heavy atom. The van der Waals surface area contributed by atoms with Crippen LogP contribution in [0, 0.1) is 0 Å². The van der Waals surface area contributed by atoms with Crippen LogP contribution in [0.25, 0.3) is 0 Å². The molecule has 0 bridgehead atoms. The predicted octanol–water partition coefficient (Wildman–Crippen LogP) is -1.18. The minimum Gasteiger partial charge on any atom is -0.454 e. The first-order valence-electron chi connectivity index (χ1n) is 10.9. The monoisotopic (exact) mass is 424 g/mol. The first kappa shape index (κ1) is 19.8. The standard InChI is InChI=1S/C23H26N4O4/c28-22-19(12-17-4-2-1-3-5-17)24-23(29)27(22)15-26-10-8-25(9-11-26)14-18-6-7-20-21(13-18)31-16-30-20/h1-7,13,19H,8-12,14-16H2,(H,24,29)/p+2/t19-/m1/s1. The van der Waals surface area contributed by atoms with Crippen molar-refractivity contribution in [2.24, 2.45) is 0 Å². The van der Waals surface area contributed by atoms with Crippen LogP contribution in [0.4, 0.5) is 4.79 Å². The van der Waals surface area contributed by atoms with E-state index in [9.17, 15) is 9.59 Å². The van der Waals surface area contributed by atoms with Crippen molar-refractivity contribution in [3.63, 3.8) is 0 Å². The summed E-state index contributed by atoms with van der Waals surface area (Å²) in [7, 11) is 0. The zero-order chi connectivity index (χ0) is 21.2. The molecule has 8 heteroatoms. The van der Waals surface area contributed by atoms with Crippen molar-refractivity contribution >= 4 is 11.9 Å². The van der Waals surface area contributed by atoms with Gasteiger partial charge in [0.1, 0.15) is 38.8 Å². The number of hydrogen-bond acceptors (Lipinski definition) is 4. The van der Waals surface area contributed by atoms with E-state index in [4.69, 9.17) is 9.47 Å². The summed E-state index contributed by atoms with van der Waals surface area (Å²) in [5, 5.41) is 2.85. The number of rotatable bonds is 6. The average Bonchev–Trinajstić information content (AvgIpc) is 3.35. The summed E-state index contributed by atoms with van der Waals surface area (Å²) in [5.74, 6) is 1.52. The third-order valence-electron chi connectivity index (χ3n) is 6.33. The number of amides is 3.